The van der Waals surface area contributed by atoms with Crippen molar-refractivity contribution < 1.29 is 9.72 Å². The van der Waals surface area contributed by atoms with Crippen LogP contribution in [0.2, 0.25) is 0 Å². The zero-order valence-corrected chi connectivity index (χ0v) is 8.14. The fraction of sp³-hybridized carbons (Fsp3) is 0.111. The fourth-order valence-electron chi connectivity index (χ4n) is 1.33. The number of H-pyrrole nitrogens is 1. The number of amides is 1. The van der Waals surface area contributed by atoms with Crippen LogP contribution in [0.3, 0.4) is 0 Å². The van der Waals surface area contributed by atoms with Crippen LogP contribution in [0.5, 0.6) is 0 Å². The molecule has 0 fully saturated rings. The normalized spacial score (nSPS) is 10.2. The van der Waals surface area contributed by atoms with Gasteiger partial charge in [-0.15, -0.1) is 0 Å². The number of carbonyl (C=O) groups is 1. The molecular weight excluding hydrogens is 212 g/mol. The number of nitro groups is 1. The smallest absolute Gasteiger partial charge is 0.296 e. The molecule has 7 heteroatoms. The number of rotatable bonds is 3. The average molecular weight is 220 g/mol. The van der Waals surface area contributed by atoms with E-state index in [-0.39, 0.29) is 0 Å². The van der Waals surface area contributed by atoms with Crippen LogP contribution in [0.4, 0.5) is 5.69 Å². The minimum absolute atomic E-state index is 0.503. The topological polar surface area (TPSA) is 101 Å². The maximum absolute atomic E-state index is 11.1. The number of benzene rings is 1. The summed E-state index contributed by atoms with van der Waals surface area (Å²) in [6.07, 6.45) is 1.54. The Morgan fingerprint density at radius 1 is 1.56 bits per heavy atom. The predicted molar refractivity (Wildman–Crippen MR) is 56.6 cm³/mol. The Balaban J connectivity index is 2.14. The number of aromatic amines is 1. The van der Waals surface area contributed by atoms with Gasteiger partial charge in [0, 0.05) is 10.6 Å². The quantitative estimate of drug-likeness (QED) is 0.589. The monoisotopic (exact) mass is 220 g/mol. The van der Waals surface area contributed by atoms with E-state index in [1.165, 1.54) is 6.33 Å². The van der Waals surface area contributed by atoms with Gasteiger partial charge < -0.3 is 10.3 Å². The third-order valence-corrected chi connectivity index (χ3v) is 1.98. The van der Waals surface area contributed by atoms with Gasteiger partial charge in [-0.05, 0) is 18.2 Å². The lowest BCUT2D eigenvalue weighted by Gasteiger charge is -2.01. The number of aromatic nitrogens is 2. The second-order valence-corrected chi connectivity index (χ2v) is 3.17. The van der Waals surface area contributed by atoms with Crippen LogP contribution in [0.15, 0.2) is 24.5 Å². The van der Waals surface area contributed by atoms with E-state index in [0.29, 0.717) is 5.69 Å². The Labute approximate surface area is 89.6 Å². The molecule has 2 aromatic rings. The highest BCUT2D eigenvalue weighted by Crippen LogP contribution is 2.15. The first-order valence-electron chi connectivity index (χ1n) is 4.50. The van der Waals surface area contributed by atoms with E-state index in [0.717, 1.165) is 11.0 Å². The summed E-state index contributed by atoms with van der Waals surface area (Å²) in [6.45, 7) is -0.735. The standard InChI is InChI=1S/C9H8N4O3/c14-9(4-13(15)16)12-6-1-2-7-8(3-6)11-5-10-7/h1-3,5H,4H2,(H,10,11)(H,12,14). The van der Waals surface area contributed by atoms with E-state index in [4.69, 9.17) is 0 Å². The molecule has 0 atom stereocenters. The van der Waals surface area contributed by atoms with E-state index in [1.807, 2.05) is 0 Å². The molecule has 1 heterocycles. The van der Waals surface area contributed by atoms with Crippen molar-refractivity contribution in [1.29, 1.82) is 0 Å². The minimum Gasteiger partial charge on any atom is -0.345 e. The van der Waals surface area contributed by atoms with Crippen molar-refractivity contribution in [1.82, 2.24) is 9.97 Å². The van der Waals surface area contributed by atoms with Gasteiger partial charge >= 0.3 is 0 Å². The van der Waals surface area contributed by atoms with Gasteiger partial charge in [-0.1, -0.05) is 0 Å². The van der Waals surface area contributed by atoms with Crippen molar-refractivity contribution in [2.75, 3.05) is 11.9 Å². The van der Waals surface area contributed by atoms with Crippen LogP contribution < -0.4 is 5.32 Å². The maximum Gasteiger partial charge on any atom is 0.296 e. The maximum atomic E-state index is 11.1. The third kappa shape index (κ3) is 2.14. The summed E-state index contributed by atoms with van der Waals surface area (Å²) in [5.74, 6) is -0.649. The highest BCUT2D eigenvalue weighted by atomic mass is 16.6. The number of fused-ring (bicyclic) bond motifs is 1. The molecule has 1 aromatic heterocycles. The molecule has 2 rings (SSSR count). The first-order valence-corrected chi connectivity index (χ1v) is 4.50. The number of hydrogen-bond acceptors (Lipinski definition) is 4. The van der Waals surface area contributed by atoms with Crippen molar-refractivity contribution >= 4 is 22.6 Å². The number of nitrogens with zero attached hydrogens (tertiary/aromatic N) is 2. The van der Waals surface area contributed by atoms with E-state index >= 15 is 0 Å². The van der Waals surface area contributed by atoms with Crippen LogP contribution in [-0.4, -0.2) is 27.3 Å². The van der Waals surface area contributed by atoms with Gasteiger partial charge in [-0.2, -0.15) is 0 Å². The summed E-state index contributed by atoms with van der Waals surface area (Å²) >= 11 is 0. The summed E-state index contributed by atoms with van der Waals surface area (Å²) in [5, 5.41) is 12.5. The minimum atomic E-state index is -0.735. The molecule has 0 saturated carbocycles. The zero-order valence-electron chi connectivity index (χ0n) is 8.14. The molecule has 7 nitrogen and oxygen atoms in total. The highest BCUT2D eigenvalue weighted by molar-refractivity contribution is 5.93. The fourth-order valence-corrected chi connectivity index (χ4v) is 1.33. The molecule has 2 N–H and O–H groups in total. The number of nitrogens with one attached hydrogen (secondary N) is 2. The Kier molecular flexibility index (Phi) is 2.50. The second kappa shape index (κ2) is 3.97. The van der Waals surface area contributed by atoms with Gasteiger partial charge in [0.15, 0.2) is 0 Å². The van der Waals surface area contributed by atoms with Gasteiger partial charge in [0.2, 0.25) is 0 Å². The molecule has 0 bridgehead atoms. The molecule has 0 saturated heterocycles. The Hall–Kier alpha value is -2.44. The van der Waals surface area contributed by atoms with Crippen LogP contribution in [0, 0.1) is 10.1 Å². The molecule has 82 valence electrons. The third-order valence-electron chi connectivity index (χ3n) is 1.98. The summed E-state index contributed by atoms with van der Waals surface area (Å²) in [7, 11) is 0. The van der Waals surface area contributed by atoms with Gasteiger partial charge in [0.05, 0.1) is 17.4 Å². The van der Waals surface area contributed by atoms with Crippen molar-refractivity contribution in [2.24, 2.45) is 0 Å². The Morgan fingerprint density at radius 2 is 2.38 bits per heavy atom. The zero-order chi connectivity index (χ0) is 11.5. The van der Waals surface area contributed by atoms with E-state index in [2.05, 4.69) is 15.3 Å². The molecule has 0 aliphatic heterocycles. The van der Waals surface area contributed by atoms with Crippen LogP contribution in [0.1, 0.15) is 0 Å². The predicted octanol–water partition coefficient (Wildman–Crippen LogP) is 0.778. The van der Waals surface area contributed by atoms with Crippen molar-refractivity contribution in [3.05, 3.63) is 34.6 Å². The van der Waals surface area contributed by atoms with Crippen LogP contribution in [0.25, 0.3) is 11.0 Å². The van der Waals surface area contributed by atoms with Crippen LogP contribution in [-0.2, 0) is 4.79 Å². The molecule has 1 aromatic carbocycles. The van der Waals surface area contributed by atoms with Crippen molar-refractivity contribution in [2.45, 2.75) is 0 Å². The first-order chi connectivity index (χ1) is 7.65. The lowest BCUT2D eigenvalue weighted by molar-refractivity contribution is -0.467. The van der Waals surface area contributed by atoms with E-state index < -0.39 is 17.4 Å². The van der Waals surface area contributed by atoms with Gasteiger partial charge in [-0.25, -0.2) is 4.98 Å². The SMILES string of the molecule is O=C(C[N+](=O)[O-])Nc1ccc2nc[nH]c2c1. The molecule has 1 amide bonds. The van der Waals surface area contributed by atoms with Gasteiger partial charge in [-0.3, -0.25) is 14.9 Å². The first kappa shape index (κ1) is 10.1. The van der Waals surface area contributed by atoms with E-state index in [9.17, 15) is 14.9 Å². The largest absolute Gasteiger partial charge is 0.345 e. The molecule has 0 radical (unpaired) electrons. The summed E-state index contributed by atoms with van der Waals surface area (Å²) < 4.78 is 0. The molecule has 0 unspecified atom stereocenters. The molecule has 16 heavy (non-hydrogen) atoms. The summed E-state index contributed by atoms with van der Waals surface area (Å²) in [6, 6.07) is 5.02. The average Bonchev–Trinajstić information content (AvgIpc) is 2.63. The number of hydrogen-bond donors (Lipinski definition) is 2. The molecular formula is C9H8N4O3. The lowest BCUT2D eigenvalue weighted by atomic mass is 10.3. The lowest BCUT2D eigenvalue weighted by Crippen LogP contribution is -2.21. The Morgan fingerprint density at radius 3 is 3.12 bits per heavy atom. The Bertz CT molecular complexity index is 548. The second-order valence-electron chi connectivity index (χ2n) is 3.17. The molecule has 0 spiro atoms. The number of anilines is 1. The van der Waals surface area contributed by atoms with Crippen LogP contribution >= 0.6 is 0 Å². The molecule has 0 aliphatic carbocycles. The van der Waals surface area contributed by atoms with E-state index in [1.54, 1.807) is 18.2 Å². The van der Waals surface area contributed by atoms with Gasteiger partial charge in [0.25, 0.3) is 12.5 Å². The number of imidazole rings is 1. The highest BCUT2D eigenvalue weighted by Gasteiger charge is 2.09. The van der Waals surface area contributed by atoms with Crippen molar-refractivity contribution in [3.63, 3.8) is 0 Å². The molecule has 0 aliphatic rings. The van der Waals surface area contributed by atoms with Crippen molar-refractivity contribution in [3.8, 4) is 0 Å². The van der Waals surface area contributed by atoms with Gasteiger partial charge in [0.1, 0.15) is 0 Å². The summed E-state index contributed by atoms with van der Waals surface area (Å²) in [4.78, 5) is 27.4. The summed E-state index contributed by atoms with van der Waals surface area (Å²) in [5.41, 5.74) is 2.04. The number of carbonyl (C=O) groups excluding carboxylic acids is 1.